The first kappa shape index (κ1) is 12.5. The molecule has 0 saturated carbocycles. The molecular formula is C13H15ClFNO. The van der Waals surface area contributed by atoms with Crippen LogP contribution in [0.3, 0.4) is 0 Å². The maximum atomic E-state index is 13.5. The lowest BCUT2D eigenvalue weighted by Crippen LogP contribution is -2.47. The fourth-order valence-corrected chi connectivity index (χ4v) is 2.15. The van der Waals surface area contributed by atoms with Crippen molar-refractivity contribution < 1.29 is 9.18 Å². The van der Waals surface area contributed by atoms with Gasteiger partial charge in [0, 0.05) is 17.4 Å². The Bertz CT molecular complexity index is 431. The van der Waals surface area contributed by atoms with Gasteiger partial charge < -0.3 is 5.32 Å². The van der Waals surface area contributed by atoms with E-state index < -0.39 is 0 Å². The Morgan fingerprint density at radius 1 is 1.59 bits per heavy atom. The summed E-state index contributed by atoms with van der Waals surface area (Å²) in [5.74, 6) is 0.0960. The van der Waals surface area contributed by atoms with E-state index in [2.05, 4.69) is 5.32 Å². The van der Waals surface area contributed by atoms with E-state index in [-0.39, 0.29) is 23.9 Å². The van der Waals surface area contributed by atoms with Gasteiger partial charge in [0.1, 0.15) is 11.6 Å². The van der Waals surface area contributed by atoms with Crippen LogP contribution in [0.2, 0.25) is 5.02 Å². The third-order valence-electron chi connectivity index (χ3n) is 3.40. The molecule has 0 radical (unpaired) electrons. The first-order valence-corrected chi connectivity index (χ1v) is 6.13. The molecule has 1 N–H and O–H groups in total. The predicted molar refractivity (Wildman–Crippen MR) is 65.6 cm³/mol. The molecule has 92 valence electrons. The average Bonchev–Trinajstić information content (AvgIpc) is 2.21. The van der Waals surface area contributed by atoms with Crippen LogP contribution in [-0.4, -0.2) is 18.9 Å². The number of benzene rings is 1. The Kier molecular flexibility index (Phi) is 3.79. The molecule has 2 nitrogen and oxygen atoms in total. The number of hydrogen-bond donors (Lipinski definition) is 1. The number of ketones is 1. The molecule has 1 aromatic carbocycles. The summed E-state index contributed by atoms with van der Waals surface area (Å²) in [6.45, 7) is 3.67. The molecule has 1 atom stereocenters. The number of Topliss-reactive ketones (excluding diaryl/α,β-unsaturated/α-hetero) is 1. The van der Waals surface area contributed by atoms with Crippen molar-refractivity contribution in [3.63, 3.8) is 0 Å². The maximum Gasteiger partial charge on any atom is 0.140 e. The highest BCUT2D eigenvalue weighted by Gasteiger charge is 2.28. The van der Waals surface area contributed by atoms with Gasteiger partial charge in [-0.1, -0.05) is 18.5 Å². The zero-order chi connectivity index (χ0) is 12.4. The molecule has 0 amide bonds. The zero-order valence-corrected chi connectivity index (χ0v) is 10.4. The van der Waals surface area contributed by atoms with Gasteiger partial charge in [-0.2, -0.15) is 0 Å². The number of carbonyl (C=O) groups excluding carboxylic acids is 1. The van der Waals surface area contributed by atoms with E-state index in [1.165, 1.54) is 18.2 Å². The highest BCUT2D eigenvalue weighted by Crippen LogP contribution is 2.21. The minimum Gasteiger partial charge on any atom is -0.316 e. The minimum absolute atomic E-state index is 0.0189. The normalized spacial score (nSPS) is 17.6. The number of nitrogens with one attached hydrogen (secondary N) is 1. The summed E-state index contributed by atoms with van der Waals surface area (Å²) in [6.07, 6.45) is 0.129. The average molecular weight is 256 g/mol. The Morgan fingerprint density at radius 3 is 2.88 bits per heavy atom. The van der Waals surface area contributed by atoms with Crippen LogP contribution in [-0.2, 0) is 11.2 Å². The molecule has 0 aliphatic carbocycles. The minimum atomic E-state index is -0.360. The van der Waals surface area contributed by atoms with Gasteiger partial charge in [-0.25, -0.2) is 4.39 Å². The Hall–Kier alpha value is -0.930. The molecule has 1 heterocycles. The van der Waals surface area contributed by atoms with Gasteiger partial charge in [-0.3, -0.25) is 4.79 Å². The Balaban J connectivity index is 2.04. The number of hydrogen-bond acceptors (Lipinski definition) is 2. The van der Waals surface area contributed by atoms with Gasteiger partial charge in [0.25, 0.3) is 0 Å². The molecule has 0 spiro atoms. The van der Waals surface area contributed by atoms with E-state index in [1.54, 1.807) is 0 Å². The molecule has 17 heavy (non-hydrogen) atoms. The molecule has 0 aromatic heterocycles. The third-order valence-corrected chi connectivity index (χ3v) is 3.64. The SMILES string of the molecule is CC(C(=O)Cc1cc(Cl)ccc1F)C1CNC1. The first-order chi connectivity index (χ1) is 8.08. The smallest absolute Gasteiger partial charge is 0.140 e. The van der Waals surface area contributed by atoms with Crippen molar-refractivity contribution in [1.82, 2.24) is 5.32 Å². The molecule has 0 bridgehead atoms. The van der Waals surface area contributed by atoms with Gasteiger partial charge in [0.05, 0.1) is 0 Å². The molecule has 1 aliphatic rings. The van der Waals surface area contributed by atoms with Crippen LogP contribution in [0.1, 0.15) is 12.5 Å². The second-order valence-electron chi connectivity index (χ2n) is 4.59. The second kappa shape index (κ2) is 5.15. The number of carbonyl (C=O) groups is 1. The van der Waals surface area contributed by atoms with Crippen LogP contribution in [0.15, 0.2) is 18.2 Å². The molecule has 4 heteroatoms. The zero-order valence-electron chi connectivity index (χ0n) is 9.67. The molecule has 1 unspecified atom stereocenters. The van der Waals surface area contributed by atoms with Gasteiger partial charge >= 0.3 is 0 Å². The van der Waals surface area contributed by atoms with E-state index >= 15 is 0 Å². The highest BCUT2D eigenvalue weighted by atomic mass is 35.5. The lowest BCUT2D eigenvalue weighted by molar-refractivity contribution is -0.123. The van der Waals surface area contributed by atoms with Crippen molar-refractivity contribution in [1.29, 1.82) is 0 Å². The summed E-state index contributed by atoms with van der Waals surface area (Å²) in [7, 11) is 0. The van der Waals surface area contributed by atoms with Crippen LogP contribution in [0.5, 0.6) is 0 Å². The molecular weight excluding hydrogens is 241 g/mol. The van der Waals surface area contributed by atoms with Crippen molar-refractivity contribution in [2.45, 2.75) is 13.3 Å². The molecule has 1 saturated heterocycles. The molecule has 1 aliphatic heterocycles. The number of halogens is 2. The summed E-state index contributed by atoms with van der Waals surface area (Å²) in [4.78, 5) is 12.0. The van der Waals surface area contributed by atoms with Crippen molar-refractivity contribution in [2.24, 2.45) is 11.8 Å². The van der Waals surface area contributed by atoms with Crippen molar-refractivity contribution >= 4 is 17.4 Å². The summed E-state index contributed by atoms with van der Waals surface area (Å²) in [5, 5.41) is 3.60. The van der Waals surface area contributed by atoms with Crippen molar-refractivity contribution in [2.75, 3.05) is 13.1 Å². The van der Waals surface area contributed by atoms with Crippen LogP contribution >= 0.6 is 11.6 Å². The van der Waals surface area contributed by atoms with Crippen LogP contribution < -0.4 is 5.32 Å². The summed E-state index contributed by atoms with van der Waals surface area (Å²) in [6, 6.07) is 4.32. The van der Waals surface area contributed by atoms with Crippen LogP contribution in [0.4, 0.5) is 4.39 Å². The van der Waals surface area contributed by atoms with E-state index in [1.807, 2.05) is 6.92 Å². The first-order valence-electron chi connectivity index (χ1n) is 5.75. The maximum absolute atomic E-state index is 13.5. The lowest BCUT2D eigenvalue weighted by Gasteiger charge is -2.31. The van der Waals surface area contributed by atoms with Gasteiger partial charge in [0.15, 0.2) is 0 Å². The molecule has 2 rings (SSSR count). The fourth-order valence-electron chi connectivity index (χ4n) is 1.95. The summed E-state index contributed by atoms with van der Waals surface area (Å²) in [5.41, 5.74) is 0.390. The van der Waals surface area contributed by atoms with Crippen molar-refractivity contribution in [3.05, 3.63) is 34.6 Å². The Morgan fingerprint density at radius 2 is 2.29 bits per heavy atom. The molecule has 1 fully saturated rings. The van der Waals surface area contributed by atoms with E-state index in [9.17, 15) is 9.18 Å². The number of rotatable bonds is 4. The topological polar surface area (TPSA) is 29.1 Å². The Labute approximate surface area is 105 Å². The largest absolute Gasteiger partial charge is 0.316 e. The standard InChI is InChI=1S/C13H15ClFNO/c1-8(10-6-16-7-10)13(17)5-9-4-11(14)2-3-12(9)15/h2-4,8,10,16H,5-7H2,1H3. The van der Waals surface area contributed by atoms with E-state index in [0.29, 0.717) is 16.5 Å². The highest BCUT2D eigenvalue weighted by molar-refractivity contribution is 6.30. The van der Waals surface area contributed by atoms with Crippen LogP contribution in [0, 0.1) is 17.7 Å². The third kappa shape index (κ3) is 2.85. The van der Waals surface area contributed by atoms with Gasteiger partial charge in [-0.15, -0.1) is 0 Å². The quantitative estimate of drug-likeness (QED) is 0.896. The van der Waals surface area contributed by atoms with Gasteiger partial charge in [0.2, 0.25) is 0 Å². The predicted octanol–water partition coefficient (Wildman–Crippen LogP) is 2.45. The summed E-state index contributed by atoms with van der Waals surface area (Å²) >= 11 is 5.79. The fraction of sp³-hybridized carbons (Fsp3) is 0.462. The van der Waals surface area contributed by atoms with Gasteiger partial charge in [-0.05, 0) is 42.8 Å². The summed E-state index contributed by atoms with van der Waals surface area (Å²) < 4.78 is 13.5. The molecule has 1 aromatic rings. The second-order valence-corrected chi connectivity index (χ2v) is 5.02. The van der Waals surface area contributed by atoms with E-state index in [4.69, 9.17) is 11.6 Å². The van der Waals surface area contributed by atoms with Crippen LogP contribution in [0.25, 0.3) is 0 Å². The van der Waals surface area contributed by atoms with Crippen molar-refractivity contribution in [3.8, 4) is 0 Å². The lowest BCUT2D eigenvalue weighted by atomic mass is 9.84. The van der Waals surface area contributed by atoms with E-state index in [0.717, 1.165) is 13.1 Å². The monoisotopic (exact) mass is 255 g/mol.